The third kappa shape index (κ3) is 32.6. The van der Waals surface area contributed by atoms with Gasteiger partial charge in [-0.3, -0.25) is 9.36 Å². The molecule has 0 fully saturated rings. The summed E-state index contributed by atoms with van der Waals surface area (Å²) >= 11 is 0. The van der Waals surface area contributed by atoms with Gasteiger partial charge in [-0.1, -0.05) is 116 Å². The molecular weight excluding hydrogens is 577 g/mol. The van der Waals surface area contributed by atoms with Crippen LogP contribution in [0.5, 0.6) is 0 Å². The van der Waals surface area contributed by atoms with Crippen LogP contribution in [0.1, 0.15) is 149 Å². The number of phosphoric ester groups is 1. The van der Waals surface area contributed by atoms with Gasteiger partial charge in [-0.2, -0.15) is 0 Å². The summed E-state index contributed by atoms with van der Waals surface area (Å²) in [5, 5.41) is 0. The van der Waals surface area contributed by atoms with Crippen LogP contribution in [0, 0.1) is 0 Å². The number of hydrogen-bond donors (Lipinski definition) is 0. The number of hydrogen-bond acceptors (Lipinski definition) is 7. The maximum absolute atomic E-state index is 12.2. The van der Waals surface area contributed by atoms with Crippen molar-refractivity contribution in [1.82, 2.24) is 0 Å². The lowest BCUT2D eigenvalue weighted by atomic mass is 10.1. The Kier molecular flexibility index (Phi) is 29.1. The van der Waals surface area contributed by atoms with Crippen LogP contribution in [-0.4, -0.2) is 70.7 Å². The average molecular weight is 648 g/mol. The third-order valence-corrected chi connectivity index (χ3v) is 8.53. The van der Waals surface area contributed by atoms with Gasteiger partial charge in [0, 0.05) is 13.0 Å². The van der Waals surface area contributed by atoms with Crippen molar-refractivity contribution in [1.29, 1.82) is 0 Å². The van der Waals surface area contributed by atoms with Gasteiger partial charge >= 0.3 is 5.97 Å². The molecule has 0 aliphatic carbocycles. The van der Waals surface area contributed by atoms with E-state index in [-0.39, 0.29) is 25.8 Å². The van der Waals surface area contributed by atoms with E-state index in [2.05, 4.69) is 26.0 Å². The van der Waals surface area contributed by atoms with Crippen molar-refractivity contribution in [3.63, 3.8) is 0 Å². The quantitative estimate of drug-likeness (QED) is 0.0231. The Morgan fingerprint density at radius 2 is 1.18 bits per heavy atom. The minimum Gasteiger partial charge on any atom is -0.756 e. The van der Waals surface area contributed by atoms with Crippen LogP contribution >= 0.6 is 7.82 Å². The number of nitrogens with zero attached hydrogens (tertiary/aromatic N) is 1. The molecule has 44 heavy (non-hydrogen) atoms. The number of unbranched alkanes of at least 4 members (excludes halogenated alkanes) is 17. The lowest BCUT2D eigenvalue weighted by molar-refractivity contribution is -0.870. The highest BCUT2D eigenvalue weighted by atomic mass is 31.2. The largest absolute Gasteiger partial charge is 0.756 e. The summed E-state index contributed by atoms with van der Waals surface area (Å²) in [5.41, 5.74) is 0. The second-order valence-corrected chi connectivity index (χ2v) is 14.6. The van der Waals surface area contributed by atoms with Crippen LogP contribution in [0.2, 0.25) is 0 Å². The second kappa shape index (κ2) is 29.6. The van der Waals surface area contributed by atoms with Crippen molar-refractivity contribution in [2.45, 2.75) is 155 Å². The Labute approximate surface area is 271 Å². The Morgan fingerprint density at radius 1 is 0.682 bits per heavy atom. The molecule has 262 valence electrons. The van der Waals surface area contributed by atoms with E-state index in [1.54, 1.807) is 0 Å². The summed E-state index contributed by atoms with van der Waals surface area (Å²) in [6.45, 7) is 5.23. The van der Waals surface area contributed by atoms with E-state index in [0.717, 1.165) is 32.1 Å². The normalized spacial score (nSPS) is 14.2. The van der Waals surface area contributed by atoms with E-state index in [9.17, 15) is 14.3 Å². The predicted molar refractivity (Wildman–Crippen MR) is 181 cm³/mol. The topological polar surface area (TPSA) is 94.1 Å². The fourth-order valence-corrected chi connectivity index (χ4v) is 5.44. The number of likely N-dealkylation sites (N-methyl/N-ethyl adjacent to an activating group) is 1. The summed E-state index contributed by atoms with van der Waals surface area (Å²) in [5.74, 6) is -0.359. The molecule has 2 unspecified atom stereocenters. The first-order chi connectivity index (χ1) is 21.1. The van der Waals surface area contributed by atoms with E-state index in [0.29, 0.717) is 24.1 Å². The number of phosphoric acid groups is 1. The molecular formula is C35H70NO7P. The molecule has 0 saturated carbocycles. The van der Waals surface area contributed by atoms with Crippen LogP contribution < -0.4 is 4.89 Å². The van der Waals surface area contributed by atoms with Gasteiger partial charge in [-0.15, -0.1) is 0 Å². The molecule has 0 spiro atoms. The Morgan fingerprint density at radius 3 is 1.73 bits per heavy atom. The maximum Gasteiger partial charge on any atom is 0.306 e. The number of carbonyl (C=O) groups is 1. The minimum absolute atomic E-state index is 0.0268. The fourth-order valence-electron chi connectivity index (χ4n) is 4.72. The molecule has 0 aliphatic rings. The van der Waals surface area contributed by atoms with Gasteiger partial charge in [-0.05, 0) is 38.5 Å². The van der Waals surface area contributed by atoms with Gasteiger partial charge in [0.2, 0.25) is 0 Å². The molecule has 0 aromatic carbocycles. The zero-order chi connectivity index (χ0) is 32.8. The molecule has 0 saturated heterocycles. The standard InChI is InChI=1S/C35H70NO7P/c1-6-8-10-11-12-13-14-15-16-17-18-19-20-21-22-23-24-25-27-30-40-32-34(43-35(37)28-26-9-7-2)33-42-44(38,39)41-31-29-36(3,4)5/h16-17,34H,6-15,18-33H2,1-5H3/b17-16-. The summed E-state index contributed by atoms with van der Waals surface area (Å²) < 4.78 is 34.0. The van der Waals surface area contributed by atoms with Gasteiger partial charge in [0.1, 0.15) is 19.3 Å². The average Bonchev–Trinajstić information content (AvgIpc) is 2.96. The lowest BCUT2D eigenvalue weighted by Gasteiger charge is -2.28. The van der Waals surface area contributed by atoms with Crippen LogP contribution in [0.25, 0.3) is 0 Å². The van der Waals surface area contributed by atoms with Crippen molar-refractivity contribution in [2.75, 3.05) is 54.1 Å². The van der Waals surface area contributed by atoms with E-state index in [4.69, 9.17) is 18.5 Å². The zero-order valence-electron chi connectivity index (χ0n) is 29.4. The Balaban J connectivity index is 3.97. The van der Waals surface area contributed by atoms with Crippen molar-refractivity contribution in [3.8, 4) is 0 Å². The molecule has 9 heteroatoms. The molecule has 8 nitrogen and oxygen atoms in total. The number of quaternary nitrogens is 1. The lowest BCUT2D eigenvalue weighted by Crippen LogP contribution is -2.37. The molecule has 0 aromatic heterocycles. The van der Waals surface area contributed by atoms with Gasteiger partial charge in [-0.25, -0.2) is 0 Å². The molecule has 0 bridgehead atoms. The fraction of sp³-hybridized carbons (Fsp3) is 0.914. The van der Waals surface area contributed by atoms with Gasteiger partial charge in [0.15, 0.2) is 0 Å². The molecule has 0 N–H and O–H groups in total. The number of allylic oxidation sites excluding steroid dienone is 2. The van der Waals surface area contributed by atoms with Crippen molar-refractivity contribution >= 4 is 13.8 Å². The molecule has 2 atom stereocenters. The molecule has 0 aliphatic heterocycles. The summed E-state index contributed by atoms with van der Waals surface area (Å²) in [6.07, 6.45) is 28.7. The molecule has 0 heterocycles. The minimum atomic E-state index is -4.49. The molecule has 0 aromatic rings. The van der Waals surface area contributed by atoms with E-state index in [1.165, 1.54) is 96.3 Å². The van der Waals surface area contributed by atoms with Crippen LogP contribution in [-0.2, 0) is 27.9 Å². The van der Waals surface area contributed by atoms with Gasteiger partial charge < -0.3 is 27.9 Å². The zero-order valence-corrected chi connectivity index (χ0v) is 30.3. The van der Waals surface area contributed by atoms with Crippen molar-refractivity contribution in [2.24, 2.45) is 0 Å². The maximum atomic E-state index is 12.2. The Bertz CT molecular complexity index is 726. The van der Waals surface area contributed by atoms with Crippen molar-refractivity contribution < 1.29 is 37.3 Å². The van der Waals surface area contributed by atoms with E-state index in [1.807, 2.05) is 21.1 Å². The highest BCUT2D eigenvalue weighted by molar-refractivity contribution is 7.45. The number of ether oxygens (including phenoxy) is 2. The highest BCUT2D eigenvalue weighted by Crippen LogP contribution is 2.38. The van der Waals surface area contributed by atoms with Crippen LogP contribution in [0.15, 0.2) is 12.2 Å². The first-order valence-electron chi connectivity index (χ1n) is 17.9. The van der Waals surface area contributed by atoms with Gasteiger partial charge in [0.05, 0.1) is 34.4 Å². The van der Waals surface area contributed by atoms with E-state index >= 15 is 0 Å². The molecule has 0 radical (unpaired) electrons. The molecule has 0 rings (SSSR count). The number of rotatable bonds is 33. The Hall–Kier alpha value is -0.760. The smallest absolute Gasteiger partial charge is 0.306 e. The van der Waals surface area contributed by atoms with E-state index < -0.39 is 13.9 Å². The first-order valence-corrected chi connectivity index (χ1v) is 19.4. The highest BCUT2D eigenvalue weighted by Gasteiger charge is 2.20. The number of esters is 1. The SMILES string of the molecule is CCCCCCCCC/C=C\CCCCCCCCCCOCC(COP(=O)([O-])OCC[N+](C)(C)C)OC(=O)CCCCC. The summed E-state index contributed by atoms with van der Waals surface area (Å²) in [7, 11) is 1.35. The van der Waals surface area contributed by atoms with Crippen LogP contribution in [0.3, 0.4) is 0 Å². The third-order valence-electron chi connectivity index (χ3n) is 7.57. The molecule has 0 amide bonds. The second-order valence-electron chi connectivity index (χ2n) is 13.2. The van der Waals surface area contributed by atoms with Gasteiger partial charge in [0.25, 0.3) is 7.82 Å². The predicted octanol–water partition coefficient (Wildman–Crippen LogP) is 8.91. The summed E-state index contributed by atoms with van der Waals surface area (Å²) in [4.78, 5) is 24.4. The monoisotopic (exact) mass is 647 g/mol. The summed E-state index contributed by atoms with van der Waals surface area (Å²) in [6, 6.07) is 0. The first kappa shape index (κ1) is 43.2. The van der Waals surface area contributed by atoms with Crippen molar-refractivity contribution in [3.05, 3.63) is 12.2 Å². The number of carbonyl (C=O) groups excluding carboxylic acids is 1. The van der Waals surface area contributed by atoms with Crippen LogP contribution in [0.4, 0.5) is 0 Å².